The monoisotopic (exact) mass is 749 g/mol. The highest BCUT2D eigenvalue weighted by Crippen LogP contribution is 2.32. The number of aromatic nitrogens is 8. The molecule has 0 spiro atoms. The third-order valence-electron chi connectivity index (χ3n) is 8.74. The molecule has 7 N–H and O–H groups in total. The standard InChI is InChI=1S/C37H43N13O5/c1-6-50-28(15-22(2)46-50)35(53)45-37-44-26-16-23(33(38)51)18-29(54-5)31(26)49(37)13-8-7-12-48-32-27(43-36(48)41-4)17-24(34(39)52)19-30(32)55-14-10-9-11-47-21-25(40-3)20-42-47/h7-10,15-21,40H,6,11-14H2,1-5H3,(H2,38,51)(H2,39,52)(H,41,43)(H,44,45,53)/b8-7+,10-9+. The van der Waals surface area contributed by atoms with E-state index in [0.29, 0.717) is 70.5 Å². The molecule has 0 fully saturated rings. The maximum atomic E-state index is 13.5. The van der Waals surface area contributed by atoms with E-state index in [9.17, 15) is 14.4 Å². The summed E-state index contributed by atoms with van der Waals surface area (Å²) >= 11 is 0. The molecule has 0 radical (unpaired) electrons. The number of fused-ring (bicyclic) bond motifs is 2. The van der Waals surface area contributed by atoms with Gasteiger partial charge in [-0.05, 0) is 50.3 Å². The molecule has 6 aromatic rings. The normalized spacial score (nSPS) is 11.6. The van der Waals surface area contributed by atoms with Crippen molar-refractivity contribution in [1.29, 1.82) is 0 Å². The number of amides is 3. The van der Waals surface area contributed by atoms with Crippen LogP contribution in [0.15, 0.2) is 67.0 Å². The molecule has 2 aromatic carbocycles. The van der Waals surface area contributed by atoms with Crippen molar-refractivity contribution in [2.45, 2.75) is 40.0 Å². The van der Waals surface area contributed by atoms with Crippen LogP contribution in [0.5, 0.6) is 11.5 Å². The fraction of sp³-hybridized carbons (Fsp3) is 0.270. The van der Waals surface area contributed by atoms with Crippen LogP contribution in [0.2, 0.25) is 0 Å². The Morgan fingerprint density at radius 3 is 2.04 bits per heavy atom. The second-order valence-electron chi connectivity index (χ2n) is 12.4. The van der Waals surface area contributed by atoms with Gasteiger partial charge in [0.15, 0.2) is 0 Å². The van der Waals surface area contributed by atoms with Gasteiger partial charge < -0.3 is 40.7 Å². The number of nitrogens with one attached hydrogen (secondary N) is 3. The first-order valence-electron chi connectivity index (χ1n) is 17.4. The first-order chi connectivity index (χ1) is 26.5. The predicted molar refractivity (Wildman–Crippen MR) is 209 cm³/mol. The number of ether oxygens (including phenoxy) is 2. The molecular weight excluding hydrogens is 706 g/mol. The average molecular weight is 750 g/mol. The van der Waals surface area contributed by atoms with Gasteiger partial charge in [-0.15, -0.1) is 0 Å². The molecule has 0 saturated carbocycles. The number of allylic oxidation sites excluding steroid dienone is 3. The fourth-order valence-corrected chi connectivity index (χ4v) is 6.13. The summed E-state index contributed by atoms with van der Waals surface area (Å²) in [7, 11) is 5.06. The van der Waals surface area contributed by atoms with Crippen LogP contribution in [0.25, 0.3) is 22.1 Å². The Labute approximate surface area is 315 Å². The molecule has 4 aromatic heterocycles. The van der Waals surface area contributed by atoms with Gasteiger partial charge in [0.2, 0.25) is 23.7 Å². The fourth-order valence-electron chi connectivity index (χ4n) is 6.13. The number of aryl methyl sites for hydroxylation is 2. The molecule has 286 valence electrons. The zero-order valence-electron chi connectivity index (χ0n) is 31.2. The van der Waals surface area contributed by atoms with Crippen molar-refractivity contribution < 1.29 is 23.9 Å². The number of carbonyl (C=O) groups excluding carboxylic acids is 3. The highest BCUT2D eigenvalue weighted by atomic mass is 16.5. The van der Waals surface area contributed by atoms with E-state index in [-0.39, 0.29) is 30.2 Å². The SMILES string of the molecule is CCn1nc(C)cc1C(=O)Nc1nc2cc(C(N)=O)cc(OC)c2n1C/C=C/Cn1c(NC)nc2cc(C(N)=O)cc(OC/C=C/Cn3cc(NC)cn3)c21. The van der Waals surface area contributed by atoms with Crippen LogP contribution in [0.4, 0.5) is 17.6 Å². The molecule has 0 aliphatic carbocycles. The second kappa shape index (κ2) is 16.3. The summed E-state index contributed by atoms with van der Waals surface area (Å²) in [5.74, 6) is -0.105. The van der Waals surface area contributed by atoms with Crippen LogP contribution in [0, 0.1) is 6.92 Å². The molecular formula is C37H43N13O5. The Kier molecular flexibility index (Phi) is 11.1. The minimum Gasteiger partial charge on any atom is -0.494 e. The third-order valence-corrected chi connectivity index (χ3v) is 8.74. The number of anilines is 3. The Hall–Kier alpha value is -7.11. The number of rotatable bonds is 17. The summed E-state index contributed by atoms with van der Waals surface area (Å²) in [5, 5.41) is 17.8. The molecule has 0 aliphatic rings. The van der Waals surface area contributed by atoms with Crippen molar-refractivity contribution >= 4 is 57.4 Å². The topological polar surface area (TPSA) is 229 Å². The van der Waals surface area contributed by atoms with E-state index in [1.54, 1.807) is 57.5 Å². The predicted octanol–water partition coefficient (Wildman–Crippen LogP) is 3.54. The lowest BCUT2D eigenvalue weighted by Crippen LogP contribution is -2.20. The molecule has 55 heavy (non-hydrogen) atoms. The Morgan fingerprint density at radius 2 is 1.44 bits per heavy atom. The van der Waals surface area contributed by atoms with Crippen LogP contribution in [-0.4, -0.2) is 84.2 Å². The maximum Gasteiger partial charge on any atom is 0.276 e. The molecule has 0 atom stereocenters. The first-order valence-corrected chi connectivity index (χ1v) is 17.4. The van der Waals surface area contributed by atoms with Gasteiger partial charge in [0, 0.05) is 51.1 Å². The van der Waals surface area contributed by atoms with Gasteiger partial charge in [-0.1, -0.05) is 18.2 Å². The van der Waals surface area contributed by atoms with Crippen molar-refractivity contribution in [3.05, 3.63) is 89.5 Å². The third kappa shape index (κ3) is 7.97. The van der Waals surface area contributed by atoms with Crippen LogP contribution < -0.4 is 36.9 Å². The van der Waals surface area contributed by atoms with Gasteiger partial charge >= 0.3 is 0 Å². The van der Waals surface area contributed by atoms with Crippen molar-refractivity contribution in [3.8, 4) is 11.5 Å². The van der Waals surface area contributed by atoms with Gasteiger partial charge in [0.05, 0.1) is 42.3 Å². The van der Waals surface area contributed by atoms with Crippen LogP contribution in [0.1, 0.15) is 43.8 Å². The van der Waals surface area contributed by atoms with E-state index < -0.39 is 17.7 Å². The summed E-state index contributed by atoms with van der Waals surface area (Å²) in [6, 6.07) is 8.04. The molecule has 18 heteroatoms. The van der Waals surface area contributed by atoms with Crippen molar-refractivity contribution in [2.75, 3.05) is 43.8 Å². The smallest absolute Gasteiger partial charge is 0.276 e. The zero-order valence-corrected chi connectivity index (χ0v) is 31.2. The van der Waals surface area contributed by atoms with E-state index in [1.807, 2.05) is 56.0 Å². The molecule has 6 rings (SSSR count). The number of imidazole rings is 2. The number of benzene rings is 2. The Balaban J connectivity index is 1.30. The largest absolute Gasteiger partial charge is 0.494 e. The molecule has 4 heterocycles. The summed E-state index contributed by atoms with van der Waals surface area (Å²) in [5.41, 5.74) is 15.9. The summed E-state index contributed by atoms with van der Waals surface area (Å²) in [4.78, 5) is 47.3. The minimum atomic E-state index is -0.643. The lowest BCUT2D eigenvalue weighted by Gasteiger charge is -2.12. The van der Waals surface area contributed by atoms with Gasteiger partial charge in [-0.3, -0.25) is 29.1 Å². The molecule has 0 bridgehead atoms. The molecule has 18 nitrogen and oxygen atoms in total. The molecule has 0 aliphatic heterocycles. The quantitative estimate of drug-likeness (QED) is 0.0847. The van der Waals surface area contributed by atoms with Gasteiger partial charge in [0.25, 0.3) is 5.91 Å². The van der Waals surface area contributed by atoms with E-state index in [2.05, 4.69) is 31.1 Å². The Morgan fingerprint density at radius 1 is 0.818 bits per heavy atom. The number of hydrogen-bond donors (Lipinski definition) is 5. The number of nitrogens with zero attached hydrogens (tertiary/aromatic N) is 8. The number of nitrogens with two attached hydrogens (primary N) is 2. The van der Waals surface area contributed by atoms with E-state index in [1.165, 1.54) is 7.11 Å². The van der Waals surface area contributed by atoms with Crippen molar-refractivity contribution in [1.82, 2.24) is 38.7 Å². The van der Waals surface area contributed by atoms with E-state index >= 15 is 0 Å². The number of methoxy groups -OCH3 is 1. The zero-order chi connectivity index (χ0) is 39.2. The van der Waals surface area contributed by atoms with Crippen molar-refractivity contribution in [3.63, 3.8) is 0 Å². The highest BCUT2D eigenvalue weighted by molar-refractivity contribution is 6.04. The summed E-state index contributed by atoms with van der Waals surface area (Å²) in [6.45, 7) is 5.57. The number of carbonyl (C=O) groups is 3. The lowest BCUT2D eigenvalue weighted by molar-refractivity contribution is 0.0991. The lowest BCUT2D eigenvalue weighted by atomic mass is 10.1. The summed E-state index contributed by atoms with van der Waals surface area (Å²) < 4.78 is 18.9. The van der Waals surface area contributed by atoms with Gasteiger partial charge in [0.1, 0.15) is 34.8 Å². The molecule has 3 amide bonds. The second-order valence-corrected chi connectivity index (χ2v) is 12.4. The molecule has 0 unspecified atom stereocenters. The Bertz CT molecular complexity index is 2450. The summed E-state index contributed by atoms with van der Waals surface area (Å²) in [6.07, 6.45) is 11.3. The van der Waals surface area contributed by atoms with Crippen LogP contribution >= 0.6 is 0 Å². The van der Waals surface area contributed by atoms with E-state index in [4.69, 9.17) is 25.9 Å². The first kappa shape index (κ1) is 37.6. The molecule has 0 saturated heterocycles. The number of primary amides is 2. The highest BCUT2D eigenvalue weighted by Gasteiger charge is 2.22. The van der Waals surface area contributed by atoms with Gasteiger partial charge in [-0.25, -0.2) is 9.97 Å². The minimum absolute atomic E-state index is 0.211. The van der Waals surface area contributed by atoms with Crippen LogP contribution in [-0.2, 0) is 26.2 Å². The van der Waals surface area contributed by atoms with E-state index in [0.717, 1.165) is 5.69 Å². The number of hydrogen-bond acceptors (Lipinski definition) is 11. The van der Waals surface area contributed by atoms with Crippen molar-refractivity contribution in [2.24, 2.45) is 11.5 Å². The van der Waals surface area contributed by atoms with Crippen LogP contribution in [0.3, 0.4) is 0 Å². The van der Waals surface area contributed by atoms with Gasteiger partial charge in [-0.2, -0.15) is 10.2 Å². The average Bonchev–Trinajstić information content (AvgIpc) is 3.96. The maximum absolute atomic E-state index is 13.5.